The van der Waals surface area contributed by atoms with Crippen LogP contribution in [0.1, 0.15) is 44.0 Å². The van der Waals surface area contributed by atoms with E-state index in [4.69, 9.17) is 0 Å². The first-order valence-corrected chi connectivity index (χ1v) is 11.2. The molecule has 0 aliphatic carbocycles. The molecular weight excluding hydrogens is 374 g/mol. The third-order valence-corrected chi connectivity index (χ3v) is 7.19. The maximum atomic E-state index is 12.7. The van der Waals surface area contributed by atoms with Crippen molar-refractivity contribution in [3.05, 3.63) is 53.9 Å². The molecule has 1 amide bonds. The summed E-state index contributed by atoms with van der Waals surface area (Å²) in [5.74, 6) is -0.142. The maximum absolute atomic E-state index is 12.7. The molecule has 1 aliphatic heterocycles. The molecule has 1 aromatic heterocycles. The molecular formula is C21H28N3O3S+. The molecule has 0 bridgehead atoms. The Morgan fingerprint density at radius 2 is 1.79 bits per heavy atom. The zero-order chi connectivity index (χ0) is 20.3. The van der Waals surface area contributed by atoms with Gasteiger partial charge in [0.05, 0.1) is 4.90 Å². The summed E-state index contributed by atoms with van der Waals surface area (Å²) < 4.78 is 28.7. The Morgan fingerprint density at radius 1 is 1.14 bits per heavy atom. The number of benzene rings is 1. The Hall–Kier alpha value is -2.25. The van der Waals surface area contributed by atoms with E-state index in [0.717, 1.165) is 25.0 Å². The number of hydrogen-bond donors (Lipinski definition) is 1. The molecule has 1 saturated heterocycles. The van der Waals surface area contributed by atoms with Crippen molar-refractivity contribution >= 4 is 21.6 Å². The summed E-state index contributed by atoms with van der Waals surface area (Å²) in [6, 6.07) is 10.1. The molecule has 3 rings (SSSR count). The standard InChI is InChI=1S/C21H27N3O3S/c1-4-18-8-7-16(2)24(15-18)17(3)21(25)22-19-9-11-20(12-10-19)28(26,27)23-13-5-6-14-23/h7-12,15,17H,4-6,13-14H2,1-3H3/p+1/t17-/m1/s1. The summed E-state index contributed by atoms with van der Waals surface area (Å²) in [4.78, 5) is 13.0. The fourth-order valence-corrected chi connectivity index (χ4v) is 4.94. The lowest BCUT2D eigenvalue weighted by atomic mass is 10.2. The lowest BCUT2D eigenvalue weighted by molar-refractivity contribution is -0.711. The van der Waals surface area contributed by atoms with Crippen LogP contribution in [0.4, 0.5) is 5.69 Å². The average molecular weight is 403 g/mol. The van der Waals surface area contributed by atoms with E-state index in [-0.39, 0.29) is 16.8 Å². The smallest absolute Gasteiger partial charge is 0.293 e. The van der Waals surface area contributed by atoms with E-state index in [1.165, 1.54) is 9.87 Å². The Bertz CT molecular complexity index is 949. The van der Waals surface area contributed by atoms with Crippen molar-refractivity contribution in [1.29, 1.82) is 0 Å². The van der Waals surface area contributed by atoms with Gasteiger partial charge in [-0.3, -0.25) is 4.79 Å². The predicted octanol–water partition coefficient (Wildman–Crippen LogP) is 2.83. The number of nitrogens with one attached hydrogen (secondary N) is 1. The van der Waals surface area contributed by atoms with Crippen LogP contribution < -0.4 is 9.88 Å². The van der Waals surface area contributed by atoms with Crippen LogP contribution in [0.2, 0.25) is 0 Å². The normalized spacial score (nSPS) is 16.1. The summed E-state index contributed by atoms with van der Waals surface area (Å²) in [7, 11) is -3.44. The second kappa shape index (κ2) is 8.41. The lowest BCUT2D eigenvalue weighted by Crippen LogP contribution is -2.47. The van der Waals surface area contributed by atoms with Gasteiger partial charge in [-0.15, -0.1) is 0 Å². The minimum absolute atomic E-state index is 0.142. The molecule has 0 unspecified atom stereocenters. The fourth-order valence-electron chi connectivity index (χ4n) is 3.42. The van der Waals surface area contributed by atoms with Crippen LogP contribution in [0.25, 0.3) is 0 Å². The first-order valence-electron chi connectivity index (χ1n) is 9.74. The van der Waals surface area contributed by atoms with Crippen LogP contribution in [-0.4, -0.2) is 31.7 Å². The zero-order valence-electron chi connectivity index (χ0n) is 16.7. The number of rotatable bonds is 6. The molecule has 2 heterocycles. The summed E-state index contributed by atoms with van der Waals surface area (Å²) in [5, 5.41) is 2.88. The van der Waals surface area contributed by atoms with Crippen molar-refractivity contribution < 1.29 is 17.8 Å². The molecule has 1 aliphatic rings. The number of carbonyl (C=O) groups excluding carboxylic acids is 1. The van der Waals surface area contributed by atoms with Crippen LogP contribution in [-0.2, 0) is 21.2 Å². The van der Waals surface area contributed by atoms with E-state index < -0.39 is 10.0 Å². The predicted molar refractivity (Wildman–Crippen MR) is 109 cm³/mol. The quantitative estimate of drug-likeness (QED) is 0.756. The van der Waals surface area contributed by atoms with E-state index in [0.29, 0.717) is 18.8 Å². The van der Waals surface area contributed by atoms with Gasteiger partial charge in [0.25, 0.3) is 5.91 Å². The van der Waals surface area contributed by atoms with Crippen molar-refractivity contribution in [1.82, 2.24) is 4.31 Å². The van der Waals surface area contributed by atoms with Gasteiger partial charge in [-0.1, -0.05) is 6.92 Å². The number of aromatic nitrogens is 1. The van der Waals surface area contributed by atoms with E-state index >= 15 is 0 Å². The Morgan fingerprint density at radius 3 is 2.39 bits per heavy atom. The van der Waals surface area contributed by atoms with Crippen LogP contribution in [0.15, 0.2) is 47.5 Å². The third kappa shape index (κ3) is 4.25. The van der Waals surface area contributed by atoms with Crippen molar-refractivity contribution in [2.24, 2.45) is 0 Å². The maximum Gasteiger partial charge on any atom is 0.293 e. The molecule has 1 atom stereocenters. The topological polar surface area (TPSA) is 70.4 Å². The number of pyridine rings is 1. The first-order chi connectivity index (χ1) is 13.3. The van der Waals surface area contributed by atoms with Crippen LogP contribution in [0, 0.1) is 6.92 Å². The Balaban J connectivity index is 1.72. The molecule has 150 valence electrons. The molecule has 0 radical (unpaired) electrons. The van der Waals surface area contributed by atoms with E-state index in [9.17, 15) is 13.2 Å². The summed E-state index contributed by atoms with van der Waals surface area (Å²) in [6.07, 6.45) is 4.72. The monoisotopic (exact) mass is 402 g/mol. The molecule has 0 saturated carbocycles. The van der Waals surface area contributed by atoms with Gasteiger partial charge < -0.3 is 5.32 Å². The highest BCUT2D eigenvalue weighted by Gasteiger charge is 2.28. The zero-order valence-corrected chi connectivity index (χ0v) is 17.5. The fraction of sp³-hybridized carbons (Fsp3) is 0.429. The van der Waals surface area contributed by atoms with Crippen molar-refractivity contribution in [3.63, 3.8) is 0 Å². The molecule has 6 nitrogen and oxygen atoms in total. The number of hydrogen-bond acceptors (Lipinski definition) is 3. The van der Waals surface area contributed by atoms with Gasteiger partial charge >= 0.3 is 0 Å². The van der Waals surface area contributed by atoms with Crippen molar-refractivity contribution in [3.8, 4) is 0 Å². The molecule has 7 heteroatoms. The molecule has 1 fully saturated rings. The van der Waals surface area contributed by atoms with E-state index in [2.05, 4.69) is 18.3 Å². The van der Waals surface area contributed by atoms with Gasteiger partial charge in [0, 0.05) is 44.3 Å². The number of carbonyl (C=O) groups is 1. The first kappa shape index (κ1) is 20.5. The average Bonchev–Trinajstić information content (AvgIpc) is 3.24. The van der Waals surface area contributed by atoms with Crippen molar-refractivity contribution in [2.75, 3.05) is 18.4 Å². The van der Waals surface area contributed by atoms with Gasteiger partial charge in [0.2, 0.25) is 16.1 Å². The van der Waals surface area contributed by atoms with Crippen LogP contribution in [0.3, 0.4) is 0 Å². The molecule has 28 heavy (non-hydrogen) atoms. The summed E-state index contributed by atoms with van der Waals surface area (Å²) in [5.41, 5.74) is 2.76. The second-order valence-electron chi connectivity index (χ2n) is 7.24. The number of sulfonamides is 1. The highest BCUT2D eigenvalue weighted by Crippen LogP contribution is 2.22. The number of anilines is 1. The Kier molecular flexibility index (Phi) is 6.15. The number of aryl methyl sites for hydroxylation is 2. The largest absolute Gasteiger partial charge is 0.320 e. The van der Waals surface area contributed by atoms with Crippen molar-refractivity contribution in [2.45, 2.75) is 51.0 Å². The SMILES string of the molecule is CCc1ccc(C)[n+]([C@H](C)C(=O)Nc2ccc(S(=O)(=O)N3CCCC3)cc2)c1. The minimum atomic E-state index is -3.44. The van der Waals surface area contributed by atoms with Gasteiger partial charge in [0.1, 0.15) is 0 Å². The molecule has 2 aromatic rings. The molecule has 1 N–H and O–H groups in total. The summed E-state index contributed by atoms with van der Waals surface area (Å²) in [6.45, 7) is 7.06. The number of nitrogens with zero attached hydrogens (tertiary/aromatic N) is 2. The highest BCUT2D eigenvalue weighted by molar-refractivity contribution is 7.89. The Labute approximate surface area is 167 Å². The van der Waals surface area contributed by atoms with Crippen LogP contribution in [0.5, 0.6) is 0 Å². The van der Waals surface area contributed by atoms with E-state index in [1.54, 1.807) is 24.3 Å². The third-order valence-electron chi connectivity index (χ3n) is 5.28. The molecule has 0 spiro atoms. The van der Waals surface area contributed by atoms with E-state index in [1.807, 2.05) is 30.7 Å². The van der Waals surface area contributed by atoms with Gasteiger partial charge in [-0.05, 0) is 49.6 Å². The number of amides is 1. The summed E-state index contributed by atoms with van der Waals surface area (Å²) >= 11 is 0. The molecule has 1 aromatic carbocycles. The van der Waals surface area contributed by atoms with Gasteiger partial charge in [-0.2, -0.15) is 8.87 Å². The lowest BCUT2D eigenvalue weighted by Gasteiger charge is -2.16. The minimum Gasteiger partial charge on any atom is -0.320 e. The second-order valence-corrected chi connectivity index (χ2v) is 9.18. The highest BCUT2D eigenvalue weighted by atomic mass is 32.2. The van der Waals surface area contributed by atoms with Gasteiger partial charge in [-0.25, -0.2) is 8.42 Å². The van der Waals surface area contributed by atoms with Crippen LogP contribution >= 0.6 is 0 Å². The van der Waals surface area contributed by atoms with Gasteiger partial charge in [0.15, 0.2) is 11.9 Å².